The monoisotopic (exact) mass is 209 g/mol. The molecule has 1 atom stereocenters. The molecule has 0 radical (unpaired) electrons. The predicted octanol–water partition coefficient (Wildman–Crippen LogP) is 1.14. The van der Waals surface area contributed by atoms with Crippen molar-refractivity contribution in [1.29, 1.82) is 0 Å². The van der Waals surface area contributed by atoms with Gasteiger partial charge >= 0.3 is 0 Å². The lowest BCUT2D eigenvalue weighted by Crippen LogP contribution is -2.16. The molecule has 2 nitrogen and oxygen atoms in total. The van der Waals surface area contributed by atoms with E-state index in [4.69, 9.17) is 11.6 Å². The predicted molar refractivity (Wildman–Crippen MR) is 56.3 cm³/mol. The quantitative estimate of drug-likeness (QED) is 0.387. The minimum absolute atomic E-state index is 0.570. The Hall–Kier alpha value is 0.140. The van der Waals surface area contributed by atoms with E-state index in [1.165, 1.54) is 0 Å². The molecule has 4 heteroatoms. The molecule has 1 unspecified atom stereocenters. The molecule has 0 heterocycles. The van der Waals surface area contributed by atoms with Crippen molar-refractivity contribution in [2.24, 2.45) is 0 Å². The molecule has 0 saturated heterocycles. The van der Waals surface area contributed by atoms with Gasteiger partial charge in [-0.3, -0.25) is 4.21 Å². The second-order valence-corrected chi connectivity index (χ2v) is 4.32. The summed E-state index contributed by atoms with van der Waals surface area (Å²) in [4.78, 5) is 0. The van der Waals surface area contributed by atoms with Crippen LogP contribution in [-0.2, 0) is 10.8 Å². The van der Waals surface area contributed by atoms with Gasteiger partial charge in [-0.2, -0.15) is 0 Å². The fourth-order valence-corrected chi connectivity index (χ4v) is 1.41. The standard InChI is InChI=1S/C8H16ClNOS/c1-12(11)8-4-7-10-6-3-2-5-9/h2-3,10H,4-8H2,1H3/b3-2+. The van der Waals surface area contributed by atoms with Crippen LogP contribution in [0.25, 0.3) is 0 Å². The summed E-state index contributed by atoms with van der Waals surface area (Å²) in [5.74, 6) is 1.35. The highest BCUT2D eigenvalue weighted by Gasteiger charge is 1.89. The van der Waals surface area contributed by atoms with Gasteiger partial charge in [-0.25, -0.2) is 0 Å². The Morgan fingerprint density at radius 1 is 1.50 bits per heavy atom. The van der Waals surface area contributed by atoms with Crippen molar-refractivity contribution in [2.45, 2.75) is 6.42 Å². The molecular weight excluding hydrogens is 194 g/mol. The van der Waals surface area contributed by atoms with Gasteiger partial charge in [0.2, 0.25) is 0 Å². The van der Waals surface area contributed by atoms with Crippen molar-refractivity contribution >= 4 is 22.4 Å². The highest BCUT2D eigenvalue weighted by atomic mass is 35.5. The van der Waals surface area contributed by atoms with Crippen LogP contribution in [0.3, 0.4) is 0 Å². The average Bonchev–Trinajstić information content (AvgIpc) is 2.02. The van der Waals surface area contributed by atoms with Gasteiger partial charge in [0.1, 0.15) is 0 Å². The van der Waals surface area contributed by atoms with Crippen LogP contribution in [0.5, 0.6) is 0 Å². The smallest absolute Gasteiger partial charge is 0.0404 e. The van der Waals surface area contributed by atoms with Gasteiger partial charge in [0.05, 0.1) is 0 Å². The van der Waals surface area contributed by atoms with Gasteiger partial charge < -0.3 is 5.32 Å². The first-order valence-electron chi connectivity index (χ1n) is 3.99. The van der Waals surface area contributed by atoms with Gasteiger partial charge in [-0.05, 0) is 13.0 Å². The first-order chi connectivity index (χ1) is 5.77. The number of hydrogen-bond acceptors (Lipinski definition) is 2. The van der Waals surface area contributed by atoms with Crippen LogP contribution in [0, 0.1) is 0 Å². The Kier molecular flexibility index (Phi) is 9.34. The summed E-state index contributed by atoms with van der Waals surface area (Å²) in [5.41, 5.74) is 0. The van der Waals surface area contributed by atoms with E-state index in [0.717, 1.165) is 25.3 Å². The lowest BCUT2D eigenvalue weighted by Gasteiger charge is -1.98. The first kappa shape index (κ1) is 12.1. The molecule has 1 N–H and O–H groups in total. The molecule has 0 fully saturated rings. The van der Waals surface area contributed by atoms with E-state index in [1.54, 1.807) is 6.26 Å². The van der Waals surface area contributed by atoms with Crippen LogP contribution >= 0.6 is 11.6 Å². The molecule has 0 aromatic heterocycles. The SMILES string of the molecule is CS(=O)CCCNC/C=C/CCl. The number of alkyl halides is 1. The van der Waals surface area contributed by atoms with Gasteiger partial charge in [0.15, 0.2) is 0 Å². The number of nitrogens with one attached hydrogen (secondary N) is 1. The molecular formula is C8H16ClNOS. The molecule has 0 amide bonds. The summed E-state index contributed by atoms with van der Waals surface area (Å²) < 4.78 is 10.6. The average molecular weight is 210 g/mol. The molecule has 0 aromatic carbocycles. The van der Waals surface area contributed by atoms with Crippen molar-refractivity contribution in [3.05, 3.63) is 12.2 Å². The third kappa shape index (κ3) is 10.1. The van der Waals surface area contributed by atoms with Gasteiger partial charge in [-0.1, -0.05) is 12.2 Å². The highest BCUT2D eigenvalue weighted by molar-refractivity contribution is 7.84. The molecule has 72 valence electrons. The van der Waals surface area contributed by atoms with E-state index in [0.29, 0.717) is 5.88 Å². The molecule has 0 aliphatic carbocycles. The number of allylic oxidation sites excluding steroid dienone is 1. The van der Waals surface area contributed by atoms with Crippen LogP contribution in [0.1, 0.15) is 6.42 Å². The maximum absolute atomic E-state index is 10.6. The number of hydrogen-bond donors (Lipinski definition) is 1. The topological polar surface area (TPSA) is 29.1 Å². The molecule has 0 spiro atoms. The van der Waals surface area contributed by atoms with Crippen molar-refractivity contribution in [3.8, 4) is 0 Å². The van der Waals surface area contributed by atoms with Crippen molar-refractivity contribution in [3.63, 3.8) is 0 Å². The minimum Gasteiger partial charge on any atom is -0.313 e. The van der Waals surface area contributed by atoms with Crippen LogP contribution in [-0.4, -0.2) is 35.2 Å². The normalized spacial score (nSPS) is 13.8. The lowest BCUT2D eigenvalue weighted by molar-refractivity contribution is 0.677. The molecule has 0 aliphatic heterocycles. The second-order valence-electron chi connectivity index (χ2n) is 2.46. The zero-order valence-electron chi connectivity index (χ0n) is 7.38. The Labute approximate surface area is 81.8 Å². The zero-order valence-corrected chi connectivity index (χ0v) is 8.96. The molecule has 0 aromatic rings. The summed E-state index contributed by atoms with van der Waals surface area (Å²) in [6.07, 6.45) is 6.60. The lowest BCUT2D eigenvalue weighted by atomic mass is 10.4. The van der Waals surface area contributed by atoms with Gasteiger partial charge in [0, 0.05) is 35.2 Å². The van der Waals surface area contributed by atoms with Crippen molar-refractivity contribution in [1.82, 2.24) is 5.32 Å². The summed E-state index contributed by atoms with van der Waals surface area (Å²) in [7, 11) is -0.654. The number of halogens is 1. The maximum atomic E-state index is 10.6. The van der Waals surface area contributed by atoms with E-state index in [9.17, 15) is 4.21 Å². The summed E-state index contributed by atoms with van der Waals surface area (Å²) in [6.45, 7) is 1.77. The molecule has 0 saturated carbocycles. The van der Waals surface area contributed by atoms with Gasteiger partial charge in [0.25, 0.3) is 0 Å². The summed E-state index contributed by atoms with van der Waals surface area (Å²) >= 11 is 5.43. The van der Waals surface area contributed by atoms with Crippen LogP contribution < -0.4 is 5.32 Å². The van der Waals surface area contributed by atoms with E-state index in [2.05, 4.69) is 5.32 Å². The van der Waals surface area contributed by atoms with E-state index in [-0.39, 0.29) is 0 Å². The maximum Gasteiger partial charge on any atom is 0.0404 e. The van der Waals surface area contributed by atoms with E-state index >= 15 is 0 Å². The largest absolute Gasteiger partial charge is 0.313 e. The third-order valence-electron chi connectivity index (χ3n) is 1.30. The van der Waals surface area contributed by atoms with Crippen LogP contribution in [0.2, 0.25) is 0 Å². The Morgan fingerprint density at radius 2 is 2.25 bits per heavy atom. The first-order valence-corrected chi connectivity index (χ1v) is 6.25. The third-order valence-corrected chi connectivity index (χ3v) is 2.35. The molecule has 12 heavy (non-hydrogen) atoms. The fourth-order valence-electron chi connectivity index (χ4n) is 0.732. The molecule has 0 bridgehead atoms. The Bertz CT molecular complexity index is 150. The zero-order chi connectivity index (χ0) is 9.23. The second kappa shape index (κ2) is 9.23. The summed E-state index contributed by atoms with van der Waals surface area (Å²) in [5, 5.41) is 3.20. The van der Waals surface area contributed by atoms with Crippen LogP contribution in [0.15, 0.2) is 12.2 Å². The van der Waals surface area contributed by atoms with Crippen LogP contribution in [0.4, 0.5) is 0 Å². The Balaban J connectivity index is 3.00. The van der Waals surface area contributed by atoms with E-state index < -0.39 is 10.8 Å². The fraction of sp³-hybridized carbons (Fsp3) is 0.750. The summed E-state index contributed by atoms with van der Waals surface area (Å²) in [6, 6.07) is 0. The minimum atomic E-state index is -0.654. The molecule has 0 rings (SSSR count). The van der Waals surface area contributed by atoms with Crippen molar-refractivity contribution < 1.29 is 4.21 Å². The molecule has 0 aliphatic rings. The Morgan fingerprint density at radius 3 is 2.83 bits per heavy atom. The highest BCUT2D eigenvalue weighted by Crippen LogP contribution is 1.81. The van der Waals surface area contributed by atoms with E-state index in [1.807, 2.05) is 12.2 Å². The number of rotatable bonds is 7. The van der Waals surface area contributed by atoms with Crippen molar-refractivity contribution in [2.75, 3.05) is 31.0 Å². The van der Waals surface area contributed by atoms with Gasteiger partial charge in [-0.15, -0.1) is 11.6 Å².